The summed E-state index contributed by atoms with van der Waals surface area (Å²) in [6.07, 6.45) is 0. The first-order valence-corrected chi connectivity index (χ1v) is 11.4. The number of ether oxygens (including phenoxy) is 2. The molecule has 1 aliphatic heterocycles. The molecular weight excluding hydrogens is 425 g/mol. The lowest BCUT2D eigenvalue weighted by Gasteiger charge is -2.35. The minimum absolute atomic E-state index is 0.0150. The molecule has 0 unspecified atom stereocenters. The molecule has 3 rings (SSSR count). The molecule has 0 atom stereocenters. The van der Waals surface area contributed by atoms with Gasteiger partial charge in [0.2, 0.25) is 10.0 Å². The first kappa shape index (κ1) is 22.8. The van der Waals surface area contributed by atoms with Crippen LogP contribution in [0.15, 0.2) is 42.5 Å². The summed E-state index contributed by atoms with van der Waals surface area (Å²) in [5.74, 6) is 0.0244. The van der Waals surface area contributed by atoms with E-state index in [2.05, 4.69) is 5.32 Å². The van der Waals surface area contributed by atoms with Crippen LogP contribution >= 0.6 is 0 Å². The van der Waals surface area contributed by atoms with Gasteiger partial charge < -0.3 is 19.7 Å². The molecule has 10 heteroatoms. The SMILES string of the molecule is COc1cc(OC)cc(C(=O)NCCS(=O)(=O)N2CCN(c3ccc(F)cc3)CC2)c1. The first-order valence-electron chi connectivity index (χ1n) is 9.82. The molecule has 1 heterocycles. The lowest BCUT2D eigenvalue weighted by atomic mass is 10.2. The van der Waals surface area contributed by atoms with E-state index in [1.807, 2.05) is 4.90 Å². The Morgan fingerprint density at radius 1 is 1.00 bits per heavy atom. The zero-order chi connectivity index (χ0) is 22.4. The third-order valence-corrected chi connectivity index (χ3v) is 6.95. The fourth-order valence-electron chi connectivity index (χ4n) is 3.34. The van der Waals surface area contributed by atoms with Crippen molar-refractivity contribution in [2.24, 2.45) is 0 Å². The lowest BCUT2D eigenvalue weighted by molar-refractivity contribution is 0.0955. The molecule has 0 spiro atoms. The number of piperazine rings is 1. The van der Waals surface area contributed by atoms with E-state index in [0.717, 1.165) is 5.69 Å². The second-order valence-electron chi connectivity index (χ2n) is 7.04. The summed E-state index contributed by atoms with van der Waals surface area (Å²) in [5.41, 5.74) is 1.18. The first-order chi connectivity index (χ1) is 14.8. The highest BCUT2D eigenvalue weighted by Crippen LogP contribution is 2.22. The number of hydrogen-bond donors (Lipinski definition) is 1. The number of methoxy groups -OCH3 is 2. The number of hydrogen-bond acceptors (Lipinski definition) is 6. The summed E-state index contributed by atoms with van der Waals surface area (Å²) in [5, 5.41) is 2.63. The van der Waals surface area contributed by atoms with E-state index in [1.54, 1.807) is 30.3 Å². The van der Waals surface area contributed by atoms with Gasteiger partial charge in [0.05, 0.1) is 20.0 Å². The van der Waals surface area contributed by atoms with Crippen LogP contribution in [0.25, 0.3) is 0 Å². The molecule has 168 valence electrons. The normalized spacial score (nSPS) is 14.9. The van der Waals surface area contributed by atoms with Crippen molar-refractivity contribution in [2.45, 2.75) is 0 Å². The molecule has 1 aliphatic rings. The number of benzene rings is 2. The fourth-order valence-corrected chi connectivity index (χ4v) is 4.68. The van der Waals surface area contributed by atoms with Crippen LogP contribution in [0, 0.1) is 5.82 Å². The second kappa shape index (κ2) is 9.97. The average molecular weight is 452 g/mol. The Morgan fingerprint density at radius 3 is 2.13 bits per heavy atom. The van der Waals surface area contributed by atoms with Gasteiger partial charge in [-0.05, 0) is 36.4 Å². The van der Waals surface area contributed by atoms with Gasteiger partial charge in [0.25, 0.3) is 5.91 Å². The minimum Gasteiger partial charge on any atom is -0.497 e. The van der Waals surface area contributed by atoms with Crippen molar-refractivity contribution in [3.63, 3.8) is 0 Å². The molecule has 0 bridgehead atoms. The highest BCUT2D eigenvalue weighted by molar-refractivity contribution is 7.89. The van der Waals surface area contributed by atoms with Crippen LogP contribution in [0.4, 0.5) is 10.1 Å². The van der Waals surface area contributed by atoms with Crippen LogP contribution in [-0.4, -0.2) is 71.3 Å². The summed E-state index contributed by atoms with van der Waals surface area (Å²) in [4.78, 5) is 14.4. The van der Waals surface area contributed by atoms with Gasteiger partial charge in [-0.15, -0.1) is 0 Å². The van der Waals surface area contributed by atoms with Gasteiger partial charge in [-0.3, -0.25) is 4.79 Å². The van der Waals surface area contributed by atoms with Gasteiger partial charge in [0, 0.05) is 50.0 Å². The van der Waals surface area contributed by atoms with Gasteiger partial charge >= 0.3 is 0 Å². The van der Waals surface area contributed by atoms with Crippen molar-refractivity contribution < 1.29 is 27.1 Å². The van der Waals surface area contributed by atoms with Crippen LogP contribution in [0.3, 0.4) is 0 Å². The van der Waals surface area contributed by atoms with E-state index >= 15 is 0 Å². The average Bonchev–Trinajstić information content (AvgIpc) is 2.79. The predicted octanol–water partition coefficient (Wildman–Crippen LogP) is 1.72. The van der Waals surface area contributed by atoms with Crippen molar-refractivity contribution in [1.29, 1.82) is 0 Å². The molecule has 8 nitrogen and oxygen atoms in total. The topological polar surface area (TPSA) is 88.2 Å². The number of anilines is 1. The molecule has 0 aliphatic carbocycles. The summed E-state index contributed by atoms with van der Waals surface area (Å²) >= 11 is 0. The van der Waals surface area contributed by atoms with E-state index in [9.17, 15) is 17.6 Å². The molecule has 31 heavy (non-hydrogen) atoms. The number of halogens is 1. The molecule has 0 radical (unpaired) electrons. The van der Waals surface area contributed by atoms with Crippen molar-refractivity contribution in [2.75, 3.05) is 57.6 Å². The molecule has 2 aromatic carbocycles. The van der Waals surface area contributed by atoms with Crippen LogP contribution in [-0.2, 0) is 10.0 Å². The Hall–Kier alpha value is -2.85. The van der Waals surface area contributed by atoms with Crippen LogP contribution in [0.1, 0.15) is 10.4 Å². The molecule has 2 aromatic rings. The Morgan fingerprint density at radius 2 is 1.58 bits per heavy atom. The number of carbonyl (C=O) groups is 1. The molecule has 1 fully saturated rings. The van der Waals surface area contributed by atoms with Gasteiger partial charge in [0.1, 0.15) is 17.3 Å². The summed E-state index contributed by atoms with van der Waals surface area (Å²) in [6, 6.07) is 10.9. The van der Waals surface area contributed by atoms with E-state index in [4.69, 9.17) is 9.47 Å². The maximum Gasteiger partial charge on any atom is 0.251 e. The maximum absolute atomic E-state index is 13.1. The van der Waals surface area contributed by atoms with Gasteiger partial charge in [-0.1, -0.05) is 0 Å². The molecular formula is C21H26FN3O5S. The Kier molecular flexibility index (Phi) is 7.34. The standard InChI is InChI=1S/C21H26FN3O5S/c1-29-19-13-16(14-20(15-19)30-2)21(26)23-7-12-31(27,28)25-10-8-24(9-11-25)18-5-3-17(22)4-6-18/h3-6,13-15H,7-12H2,1-2H3,(H,23,26). The zero-order valence-electron chi connectivity index (χ0n) is 17.5. The molecule has 1 amide bonds. The van der Waals surface area contributed by atoms with Gasteiger partial charge in [-0.25, -0.2) is 12.8 Å². The number of nitrogens with zero attached hydrogens (tertiary/aromatic N) is 2. The monoisotopic (exact) mass is 451 g/mol. The lowest BCUT2D eigenvalue weighted by Crippen LogP contribution is -2.50. The number of carbonyl (C=O) groups excluding carboxylic acids is 1. The van der Waals surface area contributed by atoms with E-state index < -0.39 is 15.9 Å². The molecule has 0 saturated carbocycles. The van der Waals surface area contributed by atoms with Crippen LogP contribution in [0.2, 0.25) is 0 Å². The second-order valence-corrected chi connectivity index (χ2v) is 9.12. The van der Waals surface area contributed by atoms with E-state index in [0.29, 0.717) is 43.2 Å². The van der Waals surface area contributed by atoms with Crippen molar-refractivity contribution in [1.82, 2.24) is 9.62 Å². The summed E-state index contributed by atoms with van der Waals surface area (Å²) < 4.78 is 50.1. The van der Waals surface area contributed by atoms with Gasteiger partial charge in [-0.2, -0.15) is 4.31 Å². The zero-order valence-corrected chi connectivity index (χ0v) is 18.3. The quantitative estimate of drug-likeness (QED) is 0.658. The molecule has 1 N–H and O–H groups in total. The molecule has 1 saturated heterocycles. The number of sulfonamides is 1. The highest BCUT2D eigenvalue weighted by atomic mass is 32.2. The smallest absolute Gasteiger partial charge is 0.251 e. The predicted molar refractivity (Wildman–Crippen MR) is 116 cm³/mol. The fraction of sp³-hybridized carbons (Fsp3) is 0.381. The largest absolute Gasteiger partial charge is 0.497 e. The highest BCUT2D eigenvalue weighted by Gasteiger charge is 2.27. The third kappa shape index (κ3) is 5.86. The van der Waals surface area contributed by atoms with Crippen LogP contribution < -0.4 is 19.7 Å². The minimum atomic E-state index is -3.52. The summed E-state index contributed by atoms with van der Waals surface area (Å²) in [7, 11) is -0.547. The van der Waals surface area contributed by atoms with Crippen molar-refractivity contribution in [3.8, 4) is 11.5 Å². The Labute approximate surface area is 181 Å². The van der Waals surface area contributed by atoms with Crippen LogP contribution in [0.5, 0.6) is 11.5 Å². The number of rotatable bonds is 8. The Balaban J connectivity index is 1.51. The van der Waals surface area contributed by atoms with Crippen molar-refractivity contribution in [3.05, 3.63) is 53.8 Å². The number of amides is 1. The van der Waals surface area contributed by atoms with Crippen molar-refractivity contribution >= 4 is 21.6 Å². The van der Waals surface area contributed by atoms with E-state index in [1.165, 1.54) is 30.7 Å². The number of nitrogens with one attached hydrogen (secondary N) is 1. The molecule has 0 aromatic heterocycles. The van der Waals surface area contributed by atoms with Gasteiger partial charge in [0.15, 0.2) is 0 Å². The summed E-state index contributed by atoms with van der Waals surface area (Å²) in [6.45, 7) is 1.68. The maximum atomic E-state index is 13.1. The Bertz CT molecular complexity index is 984. The van der Waals surface area contributed by atoms with E-state index in [-0.39, 0.29) is 18.1 Å². The third-order valence-electron chi connectivity index (χ3n) is 5.08.